The fourth-order valence-corrected chi connectivity index (χ4v) is 1.83. The van der Waals surface area contributed by atoms with Gasteiger partial charge in [-0.3, -0.25) is 0 Å². The molecule has 0 aliphatic carbocycles. The third-order valence-electron chi connectivity index (χ3n) is 2.00. The predicted molar refractivity (Wildman–Crippen MR) is 60.3 cm³/mol. The lowest BCUT2D eigenvalue weighted by Crippen LogP contribution is -1.93. The molecule has 74 valence electrons. The molecule has 2 rings (SSSR count). The Balaban J connectivity index is 2.46. The quantitative estimate of drug-likeness (QED) is 0.814. The van der Waals surface area contributed by atoms with Crippen LogP contribution in [0.1, 0.15) is 19.7 Å². The van der Waals surface area contributed by atoms with Crippen molar-refractivity contribution in [3.8, 4) is 0 Å². The van der Waals surface area contributed by atoms with Crippen molar-refractivity contribution in [1.29, 1.82) is 0 Å². The second kappa shape index (κ2) is 3.73. The van der Waals surface area contributed by atoms with Gasteiger partial charge >= 0.3 is 0 Å². The number of oxazole rings is 1. The van der Waals surface area contributed by atoms with Crippen LogP contribution >= 0.6 is 15.9 Å². The van der Waals surface area contributed by atoms with Crippen molar-refractivity contribution in [3.63, 3.8) is 0 Å². The monoisotopic (exact) mass is 253 g/mol. The zero-order valence-corrected chi connectivity index (χ0v) is 9.84. The average Bonchev–Trinajstić information content (AvgIpc) is 2.47. The Morgan fingerprint density at radius 3 is 2.86 bits per heavy atom. The van der Waals surface area contributed by atoms with Crippen molar-refractivity contribution in [2.24, 2.45) is 5.92 Å². The fourth-order valence-electron chi connectivity index (χ4n) is 1.40. The molecule has 0 saturated heterocycles. The summed E-state index contributed by atoms with van der Waals surface area (Å²) >= 11 is 3.45. The summed E-state index contributed by atoms with van der Waals surface area (Å²) in [6.07, 6.45) is 0.890. The maximum atomic E-state index is 5.62. The molecule has 0 saturated carbocycles. The van der Waals surface area contributed by atoms with E-state index in [1.165, 1.54) is 0 Å². The summed E-state index contributed by atoms with van der Waals surface area (Å²) < 4.78 is 6.61. The van der Waals surface area contributed by atoms with Crippen molar-refractivity contribution in [2.45, 2.75) is 20.3 Å². The Kier molecular flexibility index (Phi) is 2.59. The molecule has 14 heavy (non-hydrogen) atoms. The molecule has 0 N–H and O–H groups in total. The molecule has 2 aromatic rings. The first-order valence-electron chi connectivity index (χ1n) is 4.70. The number of fused-ring (bicyclic) bond motifs is 1. The van der Waals surface area contributed by atoms with Crippen LogP contribution < -0.4 is 0 Å². The molecule has 0 atom stereocenters. The molecule has 0 aliphatic heterocycles. The van der Waals surface area contributed by atoms with Gasteiger partial charge in [-0.1, -0.05) is 19.9 Å². The highest BCUT2D eigenvalue weighted by molar-refractivity contribution is 9.10. The van der Waals surface area contributed by atoms with E-state index in [0.717, 1.165) is 27.9 Å². The van der Waals surface area contributed by atoms with E-state index in [1.807, 2.05) is 18.2 Å². The van der Waals surface area contributed by atoms with Gasteiger partial charge in [-0.15, -0.1) is 0 Å². The molecular weight excluding hydrogens is 242 g/mol. The highest BCUT2D eigenvalue weighted by Crippen LogP contribution is 2.24. The van der Waals surface area contributed by atoms with Crippen LogP contribution in [0.2, 0.25) is 0 Å². The van der Waals surface area contributed by atoms with Crippen LogP contribution in [0.15, 0.2) is 27.1 Å². The number of hydrogen-bond donors (Lipinski definition) is 0. The number of halogens is 1. The number of para-hydroxylation sites is 1. The second-order valence-electron chi connectivity index (χ2n) is 3.79. The summed E-state index contributed by atoms with van der Waals surface area (Å²) in [6, 6.07) is 5.87. The zero-order chi connectivity index (χ0) is 10.1. The van der Waals surface area contributed by atoms with E-state index in [0.29, 0.717) is 5.92 Å². The van der Waals surface area contributed by atoms with Crippen LogP contribution in [0.25, 0.3) is 11.1 Å². The number of benzene rings is 1. The number of hydrogen-bond acceptors (Lipinski definition) is 2. The lowest BCUT2D eigenvalue weighted by Gasteiger charge is -1.96. The van der Waals surface area contributed by atoms with Crippen molar-refractivity contribution in [2.75, 3.05) is 0 Å². The average molecular weight is 254 g/mol. The minimum absolute atomic E-state index is 0.571. The molecule has 0 spiro atoms. The maximum Gasteiger partial charge on any atom is 0.195 e. The van der Waals surface area contributed by atoms with Crippen LogP contribution in [0.4, 0.5) is 0 Å². The van der Waals surface area contributed by atoms with Crippen LogP contribution in [-0.4, -0.2) is 4.98 Å². The Morgan fingerprint density at radius 2 is 2.21 bits per heavy atom. The lowest BCUT2D eigenvalue weighted by molar-refractivity contribution is 0.482. The van der Waals surface area contributed by atoms with Crippen molar-refractivity contribution in [1.82, 2.24) is 4.98 Å². The zero-order valence-electron chi connectivity index (χ0n) is 8.25. The van der Waals surface area contributed by atoms with Gasteiger partial charge in [0.15, 0.2) is 11.5 Å². The number of rotatable bonds is 2. The van der Waals surface area contributed by atoms with Gasteiger partial charge in [0.2, 0.25) is 0 Å². The normalized spacial score (nSPS) is 11.4. The first-order valence-corrected chi connectivity index (χ1v) is 5.50. The second-order valence-corrected chi connectivity index (χ2v) is 4.65. The van der Waals surface area contributed by atoms with E-state index in [9.17, 15) is 0 Å². The first kappa shape index (κ1) is 9.71. The molecule has 1 aromatic heterocycles. The van der Waals surface area contributed by atoms with Gasteiger partial charge in [-0.05, 0) is 34.0 Å². The van der Waals surface area contributed by atoms with Crippen molar-refractivity contribution < 1.29 is 4.42 Å². The van der Waals surface area contributed by atoms with Crippen LogP contribution in [-0.2, 0) is 6.42 Å². The van der Waals surface area contributed by atoms with Crippen LogP contribution in [0, 0.1) is 5.92 Å². The Bertz CT molecular complexity index is 447. The van der Waals surface area contributed by atoms with E-state index in [4.69, 9.17) is 4.42 Å². The summed E-state index contributed by atoms with van der Waals surface area (Å²) in [5.74, 6) is 1.39. The summed E-state index contributed by atoms with van der Waals surface area (Å²) in [7, 11) is 0. The molecular formula is C11H12BrNO. The SMILES string of the molecule is CC(C)Cc1nc2c(Br)cccc2o1. The van der Waals surface area contributed by atoms with Crippen molar-refractivity contribution in [3.05, 3.63) is 28.6 Å². The van der Waals surface area contributed by atoms with E-state index in [1.54, 1.807) is 0 Å². The van der Waals surface area contributed by atoms with E-state index < -0.39 is 0 Å². The van der Waals surface area contributed by atoms with Gasteiger partial charge in [-0.2, -0.15) is 0 Å². The molecule has 0 radical (unpaired) electrons. The third kappa shape index (κ3) is 1.82. The Morgan fingerprint density at radius 1 is 1.43 bits per heavy atom. The Hall–Kier alpha value is -0.830. The minimum Gasteiger partial charge on any atom is -0.441 e. The van der Waals surface area contributed by atoms with E-state index in [-0.39, 0.29) is 0 Å². The molecule has 0 aliphatic rings. The largest absolute Gasteiger partial charge is 0.441 e. The highest BCUT2D eigenvalue weighted by atomic mass is 79.9. The molecule has 1 aromatic carbocycles. The van der Waals surface area contributed by atoms with E-state index >= 15 is 0 Å². The van der Waals surface area contributed by atoms with E-state index in [2.05, 4.69) is 34.8 Å². The molecule has 0 bridgehead atoms. The van der Waals surface area contributed by atoms with Gasteiger partial charge in [0.1, 0.15) is 5.52 Å². The first-order chi connectivity index (χ1) is 6.66. The van der Waals surface area contributed by atoms with Gasteiger partial charge < -0.3 is 4.42 Å². The van der Waals surface area contributed by atoms with Crippen molar-refractivity contribution >= 4 is 27.0 Å². The van der Waals surface area contributed by atoms with Gasteiger partial charge in [0, 0.05) is 10.9 Å². The molecule has 0 unspecified atom stereocenters. The topological polar surface area (TPSA) is 26.0 Å². The van der Waals surface area contributed by atoms with Gasteiger partial charge in [0.05, 0.1) is 0 Å². The summed E-state index contributed by atoms with van der Waals surface area (Å²) in [5, 5.41) is 0. The summed E-state index contributed by atoms with van der Waals surface area (Å²) in [5.41, 5.74) is 1.78. The molecule has 0 amide bonds. The van der Waals surface area contributed by atoms with Crippen LogP contribution in [0.5, 0.6) is 0 Å². The molecule has 0 fully saturated rings. The van der Waals surface area contributed by atoms with Crippen LogP contribution in [0.3, 0.4) is 0 Å². The smallest absolute Gasteiger partial charge is 0.195 e. The van der Waals surface area contributed by atoms with Gasteiger partial charge in [-0.25, -0.2) is 4.98 Å². The minimum atomic E-state index is 0.571. The lowest BCUT2D eigenvalue weighted by atomic mass is 10.1. The fraction of sp³-hybridized carbons (Fsp3) is 0.364. The summed E-state index contributed by atoms with van der Waals surface area (Å²) in [4.78, 5) is 4.44. The highest BCUT2D eigenvalue weighted by Gasteiger charge is 2.09. The Labute approximate surface area is 91.5 Å². The molecule has 3 heteroatoms. The summed E-state index contributed by atoms with van der Waals surface area (Å²) in [6.45, 7) is 4.31. The maximum absolute atomic E-state index is 5.62. The predicted octanol–water partition coefficient (Wildman–Crippen LogP) is 3.79. The number of nitrogens with zero attached hydrogens (tertiary/aromatic N) is 1. The molecule has 2 nitrogen and oxygen atoms in total. The third-order valence-corrected chi connectivity index (χ3v) is 2.64. The standard InChI is InChI=1S/C11H12BrNO/c1-7(2)6-10-13-11-8(12)4-3-5-9(11)14-10/h3-5,7H,6H2,1-2H3. The number of aromatic nitrogens is 1. The van der Waals surface area contributed by atoms with Gasteiger partial charge in [0.25, 0.3) is 0 Å². The molecule has 1 heterocycles.